The third-order valence-electron chi connectivity index (χ3n) is 5.23. The van der Waals surface area contributed by atoms with Crippen molar-refractivity contribution in [2.24, 2.45) is 0 Å². The minimum atomic E-state index is -0.295. The van der Waals surface area contributed by atoms with E-state index in [0.717, 1.165) is 22.6 Å². The lowest BCUT2D eigenvalue weighted by molar-refractivity contribution is 0.0909. The normalized spacial score (nSPS) is 12.1. The Hall–Kier alpha value is -3.54. The highest BCUT2D eigenvalue weighted by molar-refractivity contribution is 5.91. The molecule has 30 heavy (non-hydrogen) atoms. The van der Waals surface area contributed by atoms with Crippen LogP contribution in [0.2, 0.25) is 0 Å². The zero-order valence-electron chi connectivity index (χ0n) is 17.4. The van der Waals surface area contributed by atoms with Gasteiger partial charge in [0.25, 0.3) is 5.91 Å². The molecule has 6 heteroatoms. The predicted octanol–water partition coefficient (Wildman–Crippen LogP) is 4.82. The van der Waals surface area contributed by atoms with E-state index in [1.54, 1.807) is 12.1 Å². The van der Waals surface area contributed by atoms with Crippen molar-refractivity contribution in [3.8, 4) is 5.75 Å². The number of imidazole rings is 1. The van der Waals surface area contributed by atoms with Crippen molar-refractivity contribution in [1.82, 2.24) is 14.9 Å². The molecule has 0 aliphatic rings. The molecule has 1 N–H and O–H groups in total. The Morgan fingerprint density at radius 1 is 1.13 bits per heavy atom. The van der Waals surface area contributed by atoms with E-state index < -0.39 is 0 Å². The van der Waals surface area contributed by atoms with Gasteiger partial charge in [0.1, 0.15) is 18.2 Å². The first-order chi connectivity index (χ1) is 14.5. The summed E-state index contributed by atoms with van der Waals surface area (Å²) < 4.78 is 13.3. The Morgan fingerprint density at radius 3 is 2.73 bits per heavy atom. The molecule has 1 atom stereocenters. The van der Waals surface area contributed by atoms with Crippen molar-refractivity contribution in [3.05, 3.63) is 83.6 Å². The summed E-state index contributed by atoms with van der Waals surface area (Å²) in [6, 6.07) is 17.1. The number of rotatable bonds is 7. The van der Waals surface area contributed by atoms with Gasteiger partial charge < -0.3 is 19.0 Å². The number of para-hydroxylation sites is 2. The Balaban J connectivity index is 1.53. The van der Waals surface area contributed by atoms with E-state index in [2.05, 4.69) is 35.9 Å². The fourth-order valence-corrected chi connectivity index (χ4v) is 3.46. The number of carbonyl (C=O) groups is 1. The van der Waals surface area contributed by atoms with Crippen molar-refractivity contribution in [2.75, 3.05) is 6.61 Å². The zero-order valence-corrected chi connectivity index (χ0v) is 17.4. The van der Waals surface area contributed by atoms with Gasteiger partial charge in [-0.15, -0.1) is 0 Å². The molecule has 0 spiro atoms. The van der Waals surface area contributed by atoms with Crippen LogP contribution in [0.3, 0.4) is 0 Å². The first-order valence-corrected chi connectivity index (χ1v) is 10.0. The number of fused-ring (bicyclic) bond motifs is 1. The molecule has 4 rings (SSSR count). The molecule has 0 fully saturated rings. The van der Waals surface area contributed by atoms with E-state index in [9.17, 15) is 4.79 Å². The molecule has 2 aromatic carbocycles. The first-order valence-electron chi connectivity index (χ1n) is 10.0. The third-order valence-corrected chi connectivity index (χ3v) is 5.23. The van der Waals surface area contributed by atoms with Crippen molar-refractivity contribution >= 4 is 16.9 Å². The van der Waals surface area contributed by atoms with Gasteiger partial charge in [-0.2, -0.15) is 0 Å². The zero-order chi connectivity index (χ0) is 21.1. The van der Waals surface area contributed by atoms with Gasteiger partial charge in [0.2, 0.25) is 0 Å². The molecule has 0 bridgehead atoms. The highest BCUT2D eigenvalue weighted by Crippen LogP contribution is 2.22. The Morgan fingerprint density at radius 2 is 1.97 bits per heavy atom. The first kappa shape index (κ1) is 19.8. The second kappa shape index (κ2) is 8.45. The summed E-state index contributed by atoms with van der Waals surface area (Å²) in [6.07, 6.45) is 1.49. The smallest absolute Gasteiger partial charge is 0.287 e. The molecule has 2 heterocycles. The number of nitrogens with one attached hydrogen (secondary N) is 1. The van der Waals surface area contributed by atoms with Crippen molar-refractivity contribution < 1.29 is 13.9 Å². The summed E-state index contributed by atoms with van der Waals surface area (Å²) in [5.74, 6) is 1.64. The molecule has 1 unspecified atom stereocenters. The average molecular weight is 403 g/mol. The number of carbonyl (C=O) groups excluding carboxylic acids is 1. The van der Waals surface area contributed by atoms with Gasteiger partial charge in [-0.1, -0.05) is 18.2 Å². The topological polar surface area (TPSA) is 69.3 Å². The Kier molecular flexibility index (Phi) is 5.57. The predicted molar refractivity (Wildman–Crippen MR) is 116 cm³/mol. The van der Waals surface area contributed by atoms with Gasteiger partial charge in [-0.05, 0) is 68.3 Å². The molecular weight excluding hydrogens is 378 g/mol. The summed E-state index contributed by atoms with van der Waals surface area (Å²) in [5.41, 5.74) is 4.34. The molecule has 154 valence electrons. The number of ether oxygens (including phenoxy) is 1. The second-order valence-electron chi connectivity index (χ2n) is 7.38. The summed E-state index contributed by atoms with van der Waals surface area (Å²) in [5, 5.41) is 2.96. The summed E-state index contributed by atoms with van der Waals surface area (Å²) >= 11 is 0. The van der Waals surface area contributed by atoms with Crippen LogP contribution in [0.25, 0.3) is 11.0 Å². The van der Waals surface area contributed by atoms with Gasteiger partial charge in [0, 0.05) is 0 Å². The maximum absolute atomic E-state index is 12.4. The largest absolute Gasteiger partial charge is 0.492 e. The van der Waals surface area contributed by atoms with E-state index in [-0.39, 0.29) is 17.7 Å². The molecule has 0 aliphatic carbocycles. The highest BCUT2D eigenvalue weighted by Gasteiger charge is 2.20. The molecule has 6 nitrogen and oxygen atoms in total. The van der Waals surface area contributed by atoms with Gasteiger partial charge in [-0.3, -0.25) is 4.79 Å². The van der Waals surface area contributed by atoms with Crippen LogP contribution < -0.4 is 10.1 Å². The summed E-state index contributed by atoms with van der Waals surface area (Å²) in [4.78, 5) is 17.2. The number of nitrogens with zero attached hydrogens (tertiary/aromatic N) is 2. The van der Waals surface area contributed by atoms with Gasteiger partial charge in [-0.25, -0.2) is 4.98 Å². The van der Waals surface area contributed by atoms with E-state index in [1.165, 1.54) is 17.4 Å². The van der Waals surface area contributed by atoms with Gasteiger partial charge in [0.05, 0.1) is 29.9 Å². The van der Waals surface area contributed by atoms with E-state index in [0.29, 0.717) is 13.2 Å². The third kappa shape index (κ3) is 4.08. The number of benzene rings is 2. The molecule has 0 saturated heterocycles. The number of hydrogen-bond acceptors (Lipinski definition) is 4. The molecule has 2 aromatic heterocycles. The fourth-order valence-electron chi connectivity index (χ4n) is 3.46. The van der Waals surface area contributed by atoms with Gasteiger partial charge in [0.15, 0.2) is 5.76 Å². The minimum Gasteiger partial charge on any atom is -0.492 e. The monoisotopic (exact) mass is 403 g/mol. The van der Waals surface area contributed by atoms with Crippen molar-refractivity contribution in [3.63, 3.8) is 0 Å². The lowest BCUT2D eigenvalue weighted by atomic mass is 10.1. The van der Waals surface area contributed by atoms with Gasteiger partial charge >= 0.3 is 0 Å². The maximum atomic E-state index is 12.4. The van der Waals surface area contributed by atoms with Crippen LogP contribution in [-0.2, 0) is 6.54 Å². The summed E-state index contributed by atoms with van der Waals surface area (Å²) in [6.45, 7) is 7.19. The SMILES string of the molecule is Cc1ccc(OCCn2c(C(C)NC(=O)c3ccco3)nc3ccccc32)cc1C. The minimum absolute atomic E-state index is 0.266. The molecule has 1 amide bonds. The lowest BCUT2D eigenvalue weighted by Gasteiger charge is -2.16. The highest BCUT2D eigenvalue weighted by atomic mass is 16.5. The van der Waals surface area contributed by atoms with Crippen LogP contribution in [0.4, 0.5) is 0 Å². The van der Waals surface area contributed by atoms with E-state index in [4.69, 9.17) is 14.1 Å². The number of aromatic nitrogens is 2. The lowest BCUT2D eigenvalue weighted by Crippen LogP contribution is -2.28. The quantitative estimate of drug-likeness (QED) is 0.480. The molecule has 0 saturated carbocycles. The second-order valence-corrected chi connectivity index (χ2v) is 7.38. The molecular formula is C24H25N3O3. The maximum Gasteiger partial charge on any atom is 0.287 e. The number of amides is 1. The fraction of sp³-hybridized carbons (Fsp3) is 0.250. The number of aryl methyl sites for hydroxylation is 2. The Labute approximate surface area is 175 Å². The van der Waals surface area contributed by atoms with E-state index >= 15 is 0 Å². The molecule has 4 aromatic rings. The van der Waals surface area contributed by atoms with Crippen LogP contribution in [0.15, 0.2) is 65.3 Å². The van der Waals surface area contributed by atoms with Crippen LogP contribution in [0.5, 0.6) is 5.75 Å². The standard InChI is InChI=1S/C24H25N3O3/c1-16-10-11-19(15-17(16)2)29-14-12-27-21-8-5-4-7-20(21)26-23(27)18(3)25-24(28)22-9-6-13-30-22/h4-11,13,15,18H,12,14H2,1-3H3,(H,25,28). The van der Waals surface area contributed by atoms with Crippen LogP contribution in [0, 0.1) is 13.8 Å². The van der Waals surface area contributed by atoms with Crippen molar-refractivity contribution in [2.45, 2.75) is 33.4 Å². The average Bonchev–Trinajstić information content (AvgIpc) is 3.39. The Bertz CT molecular complexity index is 1160. The van der Waals surface area contributed by atoms with Crippen molar-refractivity contribution in [1.29, 1.82) is 0 Å². The number of furan rings is 1. The molecule has 0 aliphatic heterocycles. The molecule has 0 radical (unpaired) electrons. The number of hydrogen-bond donors (Lipinski definition) is 1. The van der Waals surface area contributed by atoms with Crippen LogP contribution in [0.1, 0.15) is 40.5 Å². The van der Waals surface area contributed by atoms with E-state index in [1.807, 2.05) is 37.3 Å². The summed E-state index contributed by atoms with van der Waals surface area (Å²) in [7, 11) is 0. The van der Waals surface area contributed by atoms with Crippen LogP contribution in [-0.4, -0.2) is 22.1 Å². The van der Waals surface area contributed by atoms with Crippen LogP contribution >= 0.6 is 0 Å².